The SMILES string of the molecule is Cc1coc2cc(CC(C)(C)C(F)(F)F)ccc12. The summed E-state index contributed by atoms with van der Waals surface area (Å²) in [6.45, 7) is 4.33. The third kappa shape index (κ3) is 2.24. The molecular weight excluding hydrogens is 241 g/mol. The van der Waals surface area contributed by atoms with Gasteiger partial charge >= 0.3 is 6.18 Å². The molecule has 4 heteroatoms. The molecule has 0 bridgehead atoms. The Kier molecular flexibility index (Phi) is 2.92. The Morgan fingerprint density at radius 1 is 1.17 bits per heavy atom. The Labute approximate surface area is 104 Å². The van der Waals surface area contributed by atoms with Crippen LogP contribution in [0.3, 0.4) is 0 Å². The van der Waals surface area contributed by atoms with E-state index in [-0.39, 0.29) is 6.42 Å². The van der Waals surface area contributed by atoms with Gasteiger partial charge < -0.3 is 4.42 Å². The average molecular weight is 256 g/mol. The summed E-state index contributed by atoms with van der Waals surface area (Å²) >= 11 is 0. The van der Waals surface area contributed by atoms with Crippen LogP contribution in [-0.2, 0) is 6.42 Å². The van der Waals surface area contributed by atoms with Crippen molar-refractivity contribution in [3.8, 4) is 0 Å². The summed E-state index contributed by atoms with van der Waals surface area (Å²) in [5, 5.41) is 0.948. The highest BCUT2D eigenvalue weighted by molar-refractivity contribution is 5.81. The van der Waals surface area contributed by atoms with Crippen LogP contribution in [0.25, 0.3) is 11.0 Å². The number of benzene rings is 1. The van der Waals surface area contributed by atoms with Crippen molar-refractivity contribution in [3.05, 3.63) is 35.6 Å². The van der Waals surface area contributed by atoms with Crippen LogP contribution in [0.15, 0.2) is 28.9 Å². The number of alkyl halides is 3. The van der Waals surface area contributed by atoms with Crippen molar-refractivity contribution < 1.29 is 17.6 Å². The maximum absolute atomic E-state index is 12.8. The van der Waals surface area contributed by atoms with Gasteiger partial charge in [0.25, 0.3) is 0 Å². The van der Waals surface area contributed by atoms with E-state index in [1.807, 2.05) is 13.0 Å². The minimum atomic E-state index is -4.21. The molecule has 18 heavy (non-hydrogen) atoms. The van der Waals surface area contributed by atoms with Crippen LogP contribution in [-0.4, -0.2) is 6.18 Å². The lowest BCUT2D eigenvalue weighted by atomic mass is 9.85. The molecule has 1 heterocycles. The third-order valence-electron chi connectivity index (χ3n) is 3.25. The van der Waals surface area contributed by atoms with E-state index in [1.165, 1.54) is 13.8 Å². The van der Waals surface area contributed by atoms with E-state index in [1.54, 1.807) is 18.4 Å². The van der Waals surface area contributed by atoms with Gasteiger partial charge in [-0.2, -0.15) is 13.2 Å². The lowest BCUT2D eigenvalue weighted by Crippen LogP contribution is -2.34. The molecule has 0 spiro atoms. The molecule has 1 nitrogen and oxygen atoms in total. The molecule has 0 aliphatic rings. The first kappa shape index (κ1) is 13.0. The molecule has 98 valence electrons. The quantitative estimate of drug-likeness (QED) is 0.747. The zero-order chi connectivity index (χ0) is 13.6. The largest absolute Gasteiger partial charge is 0.464 e. The molecule has 0 unspecified atom stereocenters. The number of rotatable bonds is 2. The minimum absolute atomic E-state index is 0.0494. The Balaban J connectivity index is 2.33. The van der Waals surface area contributed by atoms with Gasteiger partial charge in [-0.15, -0.1) is 0 Å². The zero-order valence-electron chi connectivity index (χ0n) is 10.6. The molecule has 0 fully saturated rings. The number of halogens is 3. The third-order valence-corrected chi connectivity index (χ3v) is 3.25. The summed E-state index contributed by atoms with van der Waals surface area (Å²) in [5.74, 6) is 0. The van der Waals surface area contributed by atoms with Crippen LogP contribution < -0.4 is 0 Å². The summed E-state index contributed by atoms with van der Waals surface area (Å²) in [7, 11) is 0. The maximum Gasteiger partial charge on any atom is 0.394 e. The van der Waals surface area contributed by atoms with E-state index < -0.39 is 11.6 Å². The van der Waals surface area contributed by atoms with Gasteiger partial charge in [0.15, 0.2) is 0 Å². The van der Waals surface area contributed by atoms with E-state index in [0.717, 1.165) is 10.9 Å². The zero-order valence-corrected chi connectivity index (χ0v) is 10.6. The van der Waals surface area contributed by atoms with Crippen molar-refractivity contribution in [1.29, 1.82) is 0 Å². The van der Waals surface area contributed by atoms with E-state index in [4.69, 9.17) is 4.42 Å². The fourth-order valence-corrected chi connectivity index (χ4v) is 1.93. The van der Waals surface area contributed by atoms with Crippen LogP contribution in [0.1, 0.15) is 25.0 Å². The van der Waals surface area contributed by atoms with Crippen molar-refractivity contribution in [2.75, 3.05) is 0 Å². The van der Waals surface area contributed by atoms with Crippen molar-refractivity contribution in [1.82, 2.24) is 0 Å². The Bertz CT molecular complexity index is 564. The van der Waals surface area contributed by atoms with Crippen LogP contribution in [0.5, 0.6) is 0 Å². The van der Waals surface area contributed by atoms with E-state index in [9.17, 15) is 13.2 Å². The van der Waals surface area contributed by atoms with Gasteiger partial charge in [-0.05, 0) is 30.5 Å². The van der Waals surface area contributed by atoms with Crippen LogP contribution in [0.4, 0.5) is 13.2 Å². The average Bonchev–Trinajstić information content (AvgIpc) is 2.58. The van der Waals surface area contributed by atoms with Crippen LogP contribution >= 0.6 is 0 Å². The Morgan fingerprint density at radius 2 is 1.83 bits per heavy atom. The first-order valence-electron chi connectivity index (χ1n) is 5.74. The fourth-order valence-electron chi connectivity index (χ4n) is 1.93. The highest BCUT2D eigenvalue weighted by Crippen LogP contribution is 2.40. The number of hydrogen-bond acceptors (Lipinski definition) is 1. The molecule has 0 N–H and O–H groups in total. The summed E-state index contributed by atoms with van der Waals surface area (Å²) in [4.78, 5) is 0. The Hall–Kier alpha value is -1.45. The van der Waals surface area contributed by atoms with E-state index in [2.05, 4.69) is 0 Å². The summed E-state index contributed by atoms with van der Waals surface area (Å²) < 4.78 is 43.7. The molecule has 1 aromatic heterocycles. The second-order valence-corrected chi connectivity index (χ2v) is 5.31. The van der Waals surface area contributed by atoms with Crippen molar-refractivity contribution in [2.24, 2.45) is 5.41 Å². The van der Waals surface area contributed by atoms with Crippen molar-refractivity contribution >= 4 is 11.0 Å². The van der Waals surface area contributed by atoms with Crippen molar-refractivity contribution in [3.63, 3.8) is 0 Å². The lowest BCUT2D eigenvalue weighted by molar-refractivity contribution is -0.211. The fraction of sp³-hybridized carbons (Fsp3) is 0.429. The topological polar surface area (TPSA) is 13.1 Å². The van der Waals surface area contributed by atoms with Gasteiger partial charge in [0.2, 0.25) is 0 Å². The van der Waals surface area contributed by atoms with Gasteiger partial charge in [0.05, 0.1) is 11.7 Å². The summed E-state index contributed by atoms with van der Waals surface area (Å²) in [6, 6.07) is 5.24. The predicted octanol–water partition coefficient (Wildman–Crippen LogP) is 4.87. The van der Waals surface area contributed by atoms with Gasteiger partial charge in [-0.3, -0.25) is 0 Å². The Morgan fingerprint density at radius 3 is 2.44 bits per heavy atom. The standard InChI is InChI=1S/C14H15F3O/c1-9-8-18-12-6-10(4-5-11(9)12)7-13(2,3)14(15,16)17/h4-6,8H,7H2,1-3H3. The predicted molar refractivity (Wildman–Crippen MR) is 64.5 cm³/mol. The minimum Gasteiger partial charge on any atom is -0.464 e. The first-order valence-corrected chi connectivity index (χ1v) is 5.74. The molecule has 0 amide bonds. The van der Waals surface area contributed by atoms with E-state index >= 15 is 0 Å². The maximum atomic E-state index is 12.8. The smallest absolute Gasteiger partial charge is 0.394 e. The number of hydrogen-bond donors (Lipinski definition) is 0. The normalized spacial score (nSPS) is 13.2. The molecule has 2 rings (SSSR count). The highest BCUT2D eigenvalue weighted by atomic mass is 19.4. The van der Waals surface area contributed by atoms with Gasteiger partial charge in [-0.1, -0.05) is 26.0 Å². The van der Waals surface area contributed by atoms with E-state index in [0.29, 0.717) is 11.1 Å². The molecule has 0 atom stereocenters. The number of aryl methyl sites for hydroxylation is 1. The lowest BCUT2D eigenvalue weighted by Gasteiger charge is -2.27. The van der Waals surface area contributed by atoms with Crippen molar-refractivity contribution in [2.45, 2.75) is 33.4 Å². The molecule has 0 aliphatic heterocycles. The van der Waals surface area contributed by atoms with Gasteiger partial charge in [-0.25, -0.2) is 0 Å². The molecule has 0 radical (unpaired) electrons. The highest BCUT2D eigenvalue weighted by Gasteiger charge is 2.46. The molecule has 0 aliphatic carbocycles. The molecular formula is C14H15F3O. The second kappa shape index (κ2) is 4.04. The monoisotopic (exact) mass is 256 g/mol. The second-order valence-electron chi connectivity index (χ2n) is 5.31. The molecule has 2 aromatic rings. The van der Waals surface area contributed by atoms with Gasteiger partial charge in [0.1, 0.15) is 5.58 Å². The summed E-state index contributed by atoms with van der Waals surface area (Å²) in [5.41, 5.74) is 0.538. The van der Waals surface area contributed by atoms with Gasteiger partial charge in [0, 0.05) is 5.39 Å². The number of furan rings is 1. The first-order chi connectivity index (χ1) is 8.21. The van der Waals surface area contributed by atoms with Crippen LogP contribution in [0, 0.1) is 12.3 Å². The van der Waals surface area contributed by atoms with Crippen LogP contribution in [0.2, 0.25) is 0 Å². The molecule has 1 aromatic carbocycles. The molecule has 0 saturated carbocycles. The summed E-state index contributed by atoms with van der Waals surface area (Å²) in [6.07, 6.45) is -2.64. The number of fused-ring (bicyclic) bond motifs is 1. The molecule has 0 saturated heterocycles.